The Balaban J connectivity index is 1.72. The second kappa shape index (κ2) is 5.21. The summed E-state index contributed by atoms with van der Waals surface area (Å²) in [7, 11) is -0.993. The summed E-state index contributed by atoms with van der Waals surface area (Å²) >= 11 is 0. The van der Waals surface area contributed by atoms with Crippen molar-refractivity contribution in [2.24, 2.45) is 11.7 Å². The van der Waals surface area contributed by atoms with E-state index in [-0.39, 0.29) is 23.5 Å². The van der Waals surface area contributed by atoms with Gasteiger partial charge in [-0.25, -0.2) is 8.42 Å². The number of nitrogens with one attached hydrogen (secondary N) is 1. The molecule has 0 aromatic carbocycles. The van der Waals surface area contributed by atoms with Crippen LogP contribution in [0.4, 0.5) is 0 Å². The van der Waals surface area contributed by atoms with Gasteiger partial charge in [0.15, 0.2) is 9.84 Å². The second-order valence-electron chi connectivity index (χ2n) is 7.00. The van der Waals surface area contributed by atoms with Gasteiger partial charge < -0.3 is 5.73 Å². The number of rotatable bonds is 7. The van der Waals surface area contributed by atoms with Crippen LogP contribution in [0, 0.1) is 5.92 Å². The Morgan fingerprint density at radius 1 is 1.29 bits per heavy atom. The van der Waals surface area contributed by atoms with Crippen molar-refractivity contribution < 1.29 is 13.2 Å². The van der Waals surface area contributed by atoms with Crippen molar-refractivity contribution >= 4 is 15.7 Å². The summed E-state index contributed by atoms with van der Waals surface area (Å²) < 4.78 is 23.3. The van der Waals surface area contributed by atoms with Gasteiger partial charge in [-0.15, -0.1) is 0 Å². The smallest absolute Gasteiger partial charge is 0.239 e. The van der Waals surface area contributed by atoms with Gasteiger partial charge in [-0.3, -0.25) is 15.0 Å². The molecule has 3 rings (SSSR count). The molecule has 3 N–H and O–H groups in total. The van der Waals surface area contributed by atoms with Gasteiger partial charge in [0, 0.05) is 18.6 Å². The molecule has 2 atom stereocenters. The summed E-state index contributed by atoms with van der Waals surface area (Å²) in [6.45, 7) is 0.518. The van der Waals surface area contributed by atoms with Crippen LogP contribution in [-0.4, -0.2) is 61.9 Å². The van der Waals surface area contributed by atoms with E-state index >= 15 is 0 Å². The molecule has 21 heavy (non-hydrogen) atoms. The summed E-state index contributed by atoms with van der Waals surface area (Å²) in [5.41, 5.74) is 5.06. The van der Waals surface area contributed by atoms with E-state index in [2.05, 4.69) is 5.32 Å². The molecule has 1 heterocycles. The van der Waals surface area contributed by atoms with Crippen molar-refractivity contribution in [2.45, 2.75) is 49.7 Å². The number of sulfone groups is 1. The minimum atomic E-state index is -2.91. The van der Waals surface area contributed by atoms with Crippen LogP contribution in [0.15, 0.2) is 0 Å². The molecular formula is C14H25N3O3S. The van der Waals surface area contributed by atoms with Crippen molar-refractivity contribution in [3.63, 3.8) is 0 Å². The third-order valence-corrected chi connectivity index (χ3v) is 6.83. The highest BCUT2D eigenvalue weighted by atomic mass is 32.2. The SMILES string of the molecule is CN(CC(NC1CC1)(C(N)=O)C1CC1)C1CCS(=O)(=O)C1. The Morgan fingerprint density at radius 3 is 2.38 bits per heavy atom. The van der Waals surface area contributed by atoms with Gasteiger partial charge in [0.05, 0.1) is 11.5 Å². The fourth-order valence-corrected chi connectivity index (χ4v) is 5.26. The first kappa shape index (κ1) is 15.2. The lowest BCUT2D eigenvalue weighted by atomic mass is 9.90. The fourth-order valence-electron chi connectivity index (χ4n) is 3.46. The number of hydrogen-bond acceptors (Lipinski definition) is 5. The summed E-state index contributed by atoms with van der Waals surface area (Å²) in [5.74, 6) is 0.470. The Hall–Kier alpha value is -0.660. The van der Waals surface area contributed by atoms with Crippen LogP contribution >= 0.6 is 0 Å². The highest BCUT2D eigenvalue weighted by Crippen LogP contribution is 2.42. The van der Waals surface area contributed by atoms with E-state index in [0.29, 0.717) is 24.9 Å². The van der Waals surface area contributed by atoms with Gasteiger partial charge in [-0.2, -0.15) is 0 Å². The average Bonchev–Trinajstić information content (AvgIpc) is 3.27. The Labute approximate surface area is 126 Å². The maximum Gasteiger partial charge on any atom is 0.239 e. The predicted molar refractivity (Wildman–Crippen MR) is 80.5 cm³/mol. The summed E-state index contributed by atoms with van der Waals surface area (Å²) in [6.07, 6.45) is 4.91. The van der Waals surface area contributed by atoms with Crippen LogP contribution in [0.5, 0.6) is 0 Å². The van der Waals surface area contributed by atoms with Gasteiger partial charge >= 0.3 is 0 Å². The van der Waals surface area contributed by atoms with Crippen molar-refractivity contribution in [3.05, 3.63) is 0 Å². The van der Waals surface area contributed by atoms with Crippen molar-refractivity contribution in [2.75, 3.05) is 25.1 Å². The first-order chi connectivity index (χ1) is 9.82. The third kappa shape index (κ3) is 3.24. The molecule has 0 radical (unpaired) electrons. The zero-order valence-corrected chi connectivity index (χ0v) is 13.4. The Bertz CT molecular complexity index is 528. The molecule has 2 saturated carbocycles. The van der Waals surface area contributed by atoms with E-state index in [1.54, 1.807) is 0 Å². The largest absolute Gasteiger partial charge is 0.368 e. The molecule has 3 fully saturated rings. The monoisotopic (exact) mass is 315 g/mol. The Morgan fingerprint density at radius 2 is 1.95 bits per heavy atom. The van der Waals surface area contributed by atoms with Gasteiger partial charge in [0.1, 0.15) is 5.54 Å². The van der Waals surface area contributed by atoms with Crippen LogP contribution < -0.4 is 11.1 Å². The quantitative estimate of drug-likeness (QED) is 0.660. The first-order valence-corrected chi connectivity index (χ1v) is 9.63. The van der Waals surface area contributed by atoms with E-state index in [1.165, 1.54) is 0 Å². The number of likely N-dealkylation sites (N-methyl/N-ethyl adjacent to an activating group) is 1. The molecule has 1 saturated heterocycles. The molecule has 0 bridgehead atoms. The lowest BCUT2D eigenvalue weighted by Gasteiger charge is -2.38. The molecule has 1 amide bonds. The fraction of sp³-hybridized carbons (Fsp3) is 0.929. The van der Waals surface area contributed by atoms with Crippen LogP contribution in [0.25, 0.3) is 0 Å². The molecule has 3 aliphatic rings. The number of nitrogens with two attached hydrogens (primary N) is 1. The number of primary amides is 1. The van der Waals surface area contributed by atoms with Crippen LogP contribution in [0.2, 0.25) is 0 Å². The number of carbonyl (C=O) groups excluding carboxylic acids is 1. The number of carbonyl (C=O) groups is 1. The maximum absolute atomic E-state index is 12.2. The van der Waals surface area contributed by atoms with E-state index < -0.39 is 15.4 Å². The van der Waals surface area contributed by atoms with Crippen molar-refractivity contribution in [1.29, 1.82) is 0 Å². The number of hydrogen-bond donors (Lipinski definition) is 2. The lowest BCUT2D eigenvalue weighted by Crippen LogP contribution is -2.64. The van der Waals surface area contributed by atoms with Gasteiger partial charge in [0.25, 0.3) is 0 Å². The summed E-state index contributed by atoms with van der Waals surface area (Å²) in [5, 5.41) is 3.48. The molecule has 6 nitrogen and oxygen atoms in total. The molecule has 0 aromatic rings. The predicted octanol–water partition coefficient (Wildman–Crippen LogP) is -0.509. The van der Waals surface area contributed by atoms with Crippen molar-refractivity contribution in [3.8, 4) is 0 Å². The minimum absolute atomic E-state index is 0.00785. The normalized spacial score (nSPS) is 31.2. The maximum atomic E-state index is 12.2. The third-order valence-electron chi connectivity index (χ3n) is 5.08. The minimum Gasteiger partial charge on any atom is -0.368 e. The number of amides is 1. The van der Waals surface area contributed by atoms with Gasteiger partial charge in [-0.1, -0.05) is 0 Å². The van der Waals surface area contributed by atoms with E-state index in [1.807, 2.05) is 11.9 Å². The molecule has 120 valence electrons. The van der Waals surface area contributed by atoms with Gasteiger partial charge in [0.2, 0.25) is 5.91 Å². The zero-order valence-electron chi connectivity index (χ0n) is 12.5. The number of nitrogens with zero attached hydrogens (tertiary/aromatic N) is 1. The summed E-state index contributed by atoms with van der Waals surface area (Å²) in [6, 6.07) is 0.410. The molecule has 2 unspecified atom stereocenters. The van der Waals surface area contributed by atoms with Crippen LogP contribution in [0.3, 0.4) is 0 Å². The highest BCUT2D eigenvalue weighted by Gasteiger charge is 2.53. The molecular weight excluding hydrogens is 290 g/mol. The van der Waals surface area contributed by atoms with E-state index in [4.69, 9.17) is 5.73 Å². The molecule has 1 aliphatic heterocycles. The standard InChI is InChI=1S/C14H25N3O3S/c1-17(12-6-7-21(19,20)8-12)9-14(13(15)18,10-2-3-10)16-11-4-5-11/h10-12,16H,2-9H2,1H3,(H2,15,18). The lowest BCUT2D eigenvalue weighted by molar-refractivity contribution is -0.126. The van der Waals surface area contributed by atoms with Crippen LogP contribution in [-0.2, 0) is 14.6 Å². The second-order valence-corrected chi connectivity index (χ2v) is 9.23. The van der Waals surface area contributed by atoms with E-state index in [0.717, 1.165) is 25.7 Å². The van der Waals surface area contributed by atoms with Gasteiger partial charge in [-0.05, 0) is 45.1 Å². The highest BCUT2D eigenvalue weighted by molar-refractivity contribution is 7.91. The first-order valence-electron chi connectivity index (χ1n) is 7.81. The van der Waals surface area contributed by atoms with E-state index in [9.17, 15) is 13.2 Å². The topological polar surface area (TPSA) is 92.5 Å². The van der Waals surface area contributed by atoms with Crippen molar-refractivity contribution in [1.82, 2.24) is 10.2 Å². The van der Waals surface area contributed by atoms with Crippen LogP contribution in [0.1, 0.15) is 32.1 Å². The molecule has 0 aromatic heterocycles. The molecule has 7 heteroatoms. The zero-order chi connectivity index (χ0) is 15.3. The molecule has 0 spiro atoms. The summed E-state index contributed by atoms with van der Waals surface area (Å²) in [4.78, 5) is 14.2. The molecule has 2 aliphatic carbocycles. The average molecular weight is 315 g/mol. The Kier molecular flexibility index (Phi) is 3.78.